The standard InChI is InChI=1S/C9H18N2O2/c1-7(8(12)13)11-9(10)5-3-2-4-6-9/h7,11H,2-6,10H2,1H3,(H,12,13). The van der Waals surface area contributed by atoms with Crippen LogP contribution in [0, 0.1) is 0 Å². The topological polar surface area (TPSA) is 75.3 Å². The number of nitrogens with two attached hydrogens (primary N) is 1. The summed E-state index contributed by atoms with van der Waals surface area (Å²) in [4.78, 5) is 10.6. The van der Waals surface area contributed by atoms with E-state index in [0.29, 0.717) is 0 Å². The Hall–Kier alpha value is -0.610. The van der Waals surface area contributed by atoms with Crippen LogP contribution in [0.25, 0.3) is 0 Å². The van der Waals surface area contributed by atoms with Crippen LogP contribution in [0.3, 0.4) is 0 Å². The molecule has 1 unspecified atom stereocenters. The van der Waals surface area contributed by atoms with Gasteiger partial charge in [-0.05, 0) is 19.8 Å². The van der Waals surface area contributed by atoms with E-state index in [-0.39, 0.29) is 0 Å². The molecule has 0 aromatic heterocycles. The summed E-state index contributed by atoms with van der Waals surface area (Å²) in [5.41, 5.74) is 5.57. The molecule has 1 atom stereocenters. The van der Waals surface area contributed by atoms with E-state index in [0.717, 1.165) is 25.7 Å². The van der Waals surface area contributed by atoms with Gasteiger partial charge in [-0.15, -0.1) is 0 Å². The fraction of sp³-hybridized carbons (Fsp3) is 0.889. The van der Waals surface area contributed by atoms with E-state index in [9.17, 15) is 4.79 Å². The molecule has 0 amide bonds. The maximum atomic E-state index is 10.6. The molecule has 0 heterocycles. The Morgan fingerprint density at radius 2 is 2.00 bits per heavy atom. The van der Waals surface area contributed by atoms with Gasteiger partial charge in [-0.3, -0.25) is 10.1 Å². The molecule has 0 aromatic carbocycles. The number of hydrogen-bond donors (Lipinski definition) is 3. The van der Waals surface area contributed by atoms with E-state index in [2.05, 4.69) is 5.32 Å². The number of carboxylic acid groups (broad SMARTS) is 1. The zero-order chi connectivity index (χ0) is 9.90. The number of carbonyl (C=O) groups is 1. The summed E-state index contributed by atoms with van der Waals surface area (Å²) in [6.45, 7) is 1.63. The van der Waals surface area contributed by atoms with Gasteiger partial charge in [0.05, 0.1) is 5.66 Å². The van der Waals surface area contributed by atoms with Gasteiger partial charge >= 0.3 is 5.97 Å². The van der Waals surface area contributed by atoms with Crippen LogP contribution in [0.1, 0.15) is 39.0 Å². The van der Waals surface area contributed by atoms with Crippen LogP contribution in [0.4, 0.5) is 0 Å². The lowest BCUT2D eigenvalue weighted by atomic mass is 9.89. The van der Waals surface area contributed by atoms with Crippen molar-refractivity contribution in [3.05, 3.63) is 0 Å². The lowest BCUT2D eigenvalue weighted by Crippen LogP contribution is -2.59. The van der Waals surface area contributed by atoms with E-state index < -0.39 is 17.7 Å². The molecule has 1 aliphatic rings. The van der Waals surface area contributed by atoms with Crippen molar-refractivity contribution in [1.82, 2.24) is 5.32 Å². The summed E-state index contributed by atoms with van der Waals surface area (Å²) in [6, 6.07) is -0.553. The monoisotopic (exact) mass is 186 g/mol. The van der Waals surface area contributed by atoms with Crippen molar-refractivity contribution in [1.29, 1.82) is 0 Å². The van der Waals surface area contributed by atoms with Crippen molar-refractivity contribution in [2.24, 2.45) is 5.73 Å². The minimum absolute atomic E-state index is 0.448. The third kappa shape index (κ3) is 2.97. The van der Waals surface area contributed by atoms with Crippen LogP contribution >= 0.6 is 0 Å². The van der Waals surface area contributed by atoms with Crippen molar-refractivity contribution in [2.75, 3.05) is 0 Å². The van der Waals surface area contributed by atoms with E-state index >= 15 is 0 Å². The number of rotatable bonds is 3. The third-order valence-electron chi connectivity index (χ3n) is 2.62. The number of carboxylic acids is 1. The molecule has 4 heteroatoms. The molecule has 4 nitrogen and oxygen atoms in total. The van der Waals surface area contributed by atoms with Gasteiger partial charge in [0, 0.05) is 0 Å². The minimum atomic E-state index is -0.838. The lowest BCUT2D eigenvalue weighted by Gasteiger charge is -2.35. The average Bonchev–Trinajstić information content (AvgIpc) is 2.04. The maximum absolute atomic E-state index is 10.6. The summed E-state index contributed by atoms with van der Waals surface area (Å²) in [7, 11) is 0. The second kappa shape index (κ2) is 4.07. The second-order valence-electron chi connectivity index (χ2n) is 3.92. The third-order valence-corrected chi connectivity index (χ3v) is 2.62. The van der Waals surface area contributed by atoms with Crippen LogP contribution in [0.2, 0.25) is 0 Å². The van der Waals surface area contributed by atoms with Gasteiger partial charge in [0.2, 0.25) is 0 Å². The van der Waals surface area contributed by atoms with E-state index in [1.54, 1.807) is 6.92 Å². The number of aliphatic carboxylic acids is 1. The zero-order valence-electron chi connectivity index (χ0n) is 8.05. The highest BCUT2D eigenvalue weighted by atomic mass is 16.4. The zero-order valence-corrected chi connectivity index (χ0v) is 8.05. The molecule has 1 aliphatic carbocycles. The normalized spacial score (nSPS) is 23.8. The molecule has 4 N–H and O–H groups in total. The number of hydrogen-bond acceptors (Lipinski definition) is 3. The Kier molecular flexibility index (Phi) is 3.27. The van der Waals surface area contributed by atoms with Gasteiger partial charge in [0.15, 0.2) is 0 Å². The first-order valence-corrected chi connectivity index (χ1v) is 4.83. The molecular weight excluding hydrogens is 168 g/mol. The predicted molar refractivity (Wildman–Crippen MR) is 50.2 cm³/mol. The number of nitrogens with one attached hydrogen (secondary N) is 1. The Morgan fingerprint density at radius 1 is 1.46 bits per heavy atom. The molecule has 0 bridgehead atoms. The van der Waals surface area contributed by atoms with Crippen molar-refractivity contribution in [3.63, 3.8) is 0 Å². The molecule has 13 heavy (non-hydrogen) atoms. The van der Waals surface area contributed by atoms with Crippen LogP contribution in [0.5, 0.6) is 0 Å². The molecule has 0 radical (unpaired) electrons. The fourth-order valence-corrected chi connectivity index (χ4v) is 1.82. The highest BCUT2D eigenvalue weighted by Gasteiger charge is 2.30. The highest BCUT2D eigenvalue weighted by Crippen LogP contribution is 2.23. The van der Waals surface area contributed by atoms with E-state index in [1.165, 1.54) is 6.42 Å². The van der Waals surface area contributed by atoms with E-state index in [1.807, 2.05) is 0 Å². The SMILES string of the molecule is CC(NC1(N)CCCCC1)C(=O)O. The first kappa shape index (κ1) is 10.5. The summed E-state index contributed by atoms with van der Waals surface area (Å²) in [5.74, 6) is -0.838. The average molecular weight is 186 g/mol. The predicted octanol–water partition coefficient (Wildman–Crippen LogP) is 0.668. The van der Waals surface area contributed by atoms with Gasteiger partial charge in [0.1, 0.15) is 6.04 Å². The fourth-order valence-electron chi connectivity index (χ4n) is 1.82. The van der Waals surface area contributed by atoms with Crippen molar-refractivity contribution in [3.8, 4) is 0 Å². The quantitative estimate of drug-likeness (QED) is 0.566. The summed E-state index contributed by atoms with van der Waals surface area (Å²) in [5, 5.41) is 11.7. The first-order chi connectivity index (χ1) is 6.03. The smallest absolute Gasteiger partial charge is 0.320 e. The Bertz CT molecular complexity index is 188. The van der Waals surface area contributed by atoms with Gasteiger partial charge < -0.3 is 10.8 Å². The van der Waals surface area contributed by atoms with Crippen LogP contribution in [-0.2, 0) is 4.79 Å². The van der Waals surface area contributed by atoms with Crippen LogP contribution < -0.4 is 11.1 Å². The Morgan fingerprint density at radius 3 is 2.46 bits per heavy atom. The summed E-state index contributed by atoms with van der Waals surface area (Å²) >= 11 is 0. The molecule has 76 valence electrons. The second-order valence-corrected chi connectivity index (χ2v) is 3.92. The molecule has 0 aromatic rings. The largest absolute Gasteiger partial charge is 0.480 e. The molecule has 1 saturated carbocycles. The first-order valence-electron chi connectivity index (χ1n) is 4.83. The van der Waals surface area contributed by atoms with Crippen molar-refractivity contribution in [2.45, 2.75) is 50.7 Å². The molecule has 0 spiro atoms. The van der Waals surface area contributed by atoms with Crippen molar-refractivity contribution >= 4 is 5.97 Å². The van der Waals surface area contributed by atoms with Crippen LogP contribution in [-0.4, -0.2) is 22.8 Å². The van der Waals surface area contributed by atoms with Gasteiger partial charge in [-0.2, -0.15) is 0 Å². The minimum Gasteiger partial charge on any atom is -0.480 e. The van der Waals surface area contributed by atoms with Gasteiger partial charge in [0.25, 0.3) is 0 Å². The molecule has 0 aliphatic heterocycles. The molecule has 1 rings (SSSR count). The van der Waals surface area contributed by atoms with Gasteiger partial charge in [-0.1, -0.05) is 19.3 Å². The maximum Gasteiger partial charge on any atom is 0.320 e. The summed E-state index contributed by atoms with van der Waals surface area (Å²) < 4.78 is 0. The Labute approximate surface area is 78.5 Å². The molecule has 0 saturated heterocycles. The molecular formula is C9H18N2O2. The van der Waals surface area contributed by atoms with Crippen LogP contribution in [0.15, 0.2) is 0 Å². The van der Waals surface area contributed by atoms with Gasteiger partial charge in [-0.25, -0.2) is 0 Å². The summed E-state index contributed by atoms with van der Waals surface area (Å²) in [6.07, 6.45) is 5.16. The highest BCUT2D eigenvalue weighted by molar-refractivity contribution is 5.72. The Balaban J connectivity index is 2.45. The van der Waals surface area contributed by atoms with E-state index in [4.69, 9.17) is 10.8 Å². The molecule has 1 fully saturated rings. The lowest BCUT2D eigenvalue weighted by molar-refractivity contribution is -0.139. The van der Waals surface area contributed by atoms with Crippen molar-refractivity contribution < 1.29 is 9.90 Å².